The maximum atomic E-state index is 12.5. The number of carbonyl (C=O) groups is 1. The topological polar surface area (TPSA) is 50.2 Å². The van der Waals surface area contributed by atoms with E-state index in [-0.39, 0.29) is 11.8 Å². The minimum atomic E-state index is 0.155. The summed E-state index contributed by atoms with van der Waals surface area (Å²) in [6, 6.07) is 2.39. The lowest BCUT2D eigenvalue weighted by Gasteiger charge is -2.34. The number of carbonyl (C=O) groups excluding carboxylic acids is 1. The molecule has 1 saturated heterocycles. The van der Waals surface area contributed by atoms with Crippen molar-refractivity contribution in [3.8, 4) is 0 Å². The Bertz CT molecular complexity index is 513. The van der Waals surface area contributed by atoms with Crippen LogP contribution in [0.4, 0.5) is 0 Å². The second-order valence-electron chi connectivity index (χ2n) is 7.55. The number of likely N-dealkylation sites (tertiary alicyclic amines) is 1. The minimum Gasteiger partial charge on any atom is -0.353 e. The third-order valence-corrected chi connectivity index (χ3v) is 5.04. The first kappa shape index (κ1) is 19.0. The highest BCUT2D eigenvalue weighted by Crippen LogP contribution is 2.19. The summed E-state index contributed by atoms with van der Waals surface area (Å²) in [5.41, 5.74) is 1.28. The highest BCUT2D eigenvalue weighted by Gasteiger charge is 2.27. The first-order chi connectivity index (χ1) is 11.5. The number of hydrogen-bond acceptors (Lipinski definition) is 3. The van der Waals surface area contributed by atoms with E-state index in [4.69, 9.17) is 0 Å². The van der Waals surface area contributed by atoms with Crippen LogP contribution in [0.5, 0.6) is 0 Å². The van der Waals surface area contributed by atoms with Crippen LogP contribution in [0.1, 0.15) is 52.1 Å². The quantitative estimate of drug-likeness (QED) is 0.795. The van der Waals surface area contributed by atoms with E-state index in [2.05, 4.69) is 42.2 Å². The second kappa shape index (κ2) is 9.21. The molecule has 24 heavy (non-hydrogen) atoms. The van der Waals surface area contributed by atoms with Gasteiger partial charge in [0, 0.05) is 38.1 Å². The fraction of sp³-hybridized carbons (Fsp3) is 0.789. The Labute approximate surface area is 146 Å². The maximum absolute atomic E-state index is 12.5. The van der Waals surface area contributed by atoms with E-state index >= 15 is 0 Å². The molecule has 0 radical (unpaired) electrons. The molecule has 5 nitrogen and oxygen atoms in total. The number of rotatable bonds is 8. The Hall–Kier alpha value is -1.36. The Balaban J connectivity index is 1.79. The normalized spacial score (nSPS) is 21.4. The average Bonchev–Trinajstić information content (AvgIpc) is 2.92. The molecule has 5 heteroatoms. The van der Waals surface area contributed by atoms with Gasteiger partial charge in [-0.25, -0.2) is 0 Å². The second-order valence-corrected chi connectivity index (χ2v) is 7.55. The number of nitrogens with zero attached hydrogens (tertiary/aromatic N) is 3. The van der Waals surface area contributed by atoms with Crippen LogP contribution in [0.3, 0.4) is 0 Å². The summed E-state index contributed by atoms with van der Waals surface area (Å²) in [6.07, 6.45) is 7.22. The van der Waals surface area contributed by atoms with Crippen LogP contribution < -0.4 is 5.32 Å². The zero-order valence-corrected chi connectivity index (χ0v) is 15.8. The molecule has 1 amide bonds. The van der Waals surface area contributed by atoms with Crippen LogP contribution >= 0.6 is 0 Å². The van der Waals surface area contributed by atoms with E-state index in [1.807, 2.05) is 17.9 Å². The number of aryl methyl sites for hydroxylation is 1. The molecule has 3 atom stereocenters. The van der Waals surface area contributed by atoms with Gasteiger partial charge < -0.3 is 10.2 Å². The smallest absolute Gasteiger partial charge is 0.224 e. The third kappa shape index (κ3) is 5.62. The molecule has 1 aliphatic heterocycles. The monoisotopic (exact) mass is 334 g/mol. The summed E-state index contributed by atoms with van der Waals surface area (Å²) in [6.45, 7) is 9.64. The molecule has 0 aromatic carbocycles. The SMILES string of the molecule is CCC[C@H](C)NC(=O)[C@@H]1CCCN(C[C@H](C)Cc2ccnn2C)C1. The van der Waals surface area contributed by atoms with Gasteiger partial charge in [-0.1, -0.05) is 20.3 Å². The van der Waals surface area contributed by atoms with Crippen molar-refractivity contribution < 1.29 is 4.79 Å². The van der Waals surface area contributed by atoms with Gasteiger partial charge in [-0.2, -0.15) is 5.10 Å². The third-order valence-electron chi connectivity index (χ3n) is 5.04. The van der Waals surface area contributed by atoms with Gasteiger partial charge in [0.25, 0.3) is 0 Å². The molecule has 1 aromatic rings. The first-order valence-electron chi connectivity index (χ1n) is 9.49. The van der Waals surface area contributed by atoms with Crippen molar-refractivity contribution >= 4 is 5.91 Å². The number of nitrogens with one attached hydrogen (secondary N) is 1. The average molecular weight is 335 g/mol. The largest absolute Gasteiger partial charge is 0.353 e. The zero-order valence-electron chi connectivity index (χ0n) is 15.8. The van der Waals surface area contributed by atoms with E-state index < -0.39 is 0 Å². The van der Waals surface area contributed by atoms with Crippen LogP contribution in [-0.2, 0) is 18.3 Å². The van der Waals surface area contributed by atoms with Crippen LogP contribution in [-0.4, -0.2) is 46.3 Å². The van der Waals surface area contributed by atoms with Crippen molar-refractivity contribution in [3.05, 3.63) is 18.0 Å². The number of amides is 1. The lowest BCUT2D eigenvalue weighted by atomic mass is 9.95. The molecule has 1 aromatic heterocycles. The predicted octanol–water partition coefficient (Wildman–Crippen LogP) is 2.62. The molecule has 0 bridgehead atoms. The van der Waals surface area contributed by atoms with Gasteiger partial charge in [-0.05, 0) is 51.1 Å². The van der Waals surface area contributed by atoms with Crippen molar-refractivity contribution in [1.29, 1.82) is 0 Å². The Morgan fingerprint density at radius 2 is 2.25 bits per heavy atom. The van der Waals surface area contributed by atoms with E-state index in [1.54, 1.807) is 0 Å². The summed E-state index contributed by atoms with van der Waals surface area (Å²) >= 11 is 0. The molecule has 0 unspecified atom stereocenters. The van der Waals surface area contributed by atoms with E-state index in [1.165, 1.54) is 5.69 Å². The predicted molar refractivity (Wildman–Crippen MR) is 97.8 cm³/mol. The Morgan fingerprint density at radius 1 is 1.46 bits per heavy atom. The van der Waals surface area contributed by atoms with Crippen LogP contribution in [0.2, 0.25) is 0 Å². The molecule has 136 valence electrons. The summed E-state index contributed by atoms with van der Waals surface area (Å²) in [5.74, 6) is 0.975. The van der Waals surface area contributed by atoms with Crippen molar-refractivity contribution in [3.63, 3.8) is 0 Å². The van der Waals surface area contributed by atoms with Crippen molar-refractivity contribution in [2.45, 2.75) is 58.9 Å². The zero-order chi connectivity index (χ0) is 17.5. The lowest BCUT2D eigenvalue weighted by Crippen LogP contribution is -2.46. The molecule has 2 rings (SSSR count). The highest BCUT2D eigenvalue weighted by molar-refractivity contribution is 5.79. The summed E-state index contributed by atoms with van der Waals surface area (Å²) < 4.78 is 1.96. The molecular formula is C19H34N4O. The van der Waals surface area contributed by atoms with E-state index in [0.29, 0.717) is 12.0 Å². The van der Waals surface area contributed by atoms with Gasteiger partial charge in [0.2, 0.25) is 5.91 Å². The molecule has 0 spiro atoms. The maximum Gasteiger partial charge on any atom is 0.224 e. The van der Waals surface area contributed by atoms with E-state index in [0.717, 1.165) is 51.7 Å². The van der Waals surface area contributed by atoms with Crippen molar-refractivity contribution in [1.82, 2.24) is 20.0 Å². The van der Waals surface area contributed by atoms with Crippen LogP contribution in [0, 0.1) is 11.8 Å². The Morgan fingerprint density at radius 3 is 2.92 bits per heavy atom. The molecule has 0 aliphatic carbocycles. The van der Waals surface area contributed by atoms with Gasteiger partial charge in [-0.3, -0.25) is 9.48 Å². The summed E-state index contributed by atoms with van der Waals surface area (Å²) in [5, 5.41) is 7.44. The van der Waals surface area contributed by atoms with Gasteiger partial charge in [0.05, 0.1) is 5.92 Å². The molecule has 0 saturated carbocycles. The van der Waals surface area contributed by atoms with Crippen LogP contribution in [0.25, 0.3) is 0 Å². The number of piperidine rings is 1. The number of aromatic nitrogens is 2. The van der Waals surface area contributed by atoms with Gasteiger partial charge in [0.15, 0.2) is 0 Å². The lowest BCUT2D eigenvalue weighted by molar-refractivity contribution is -0.127. The van der Waals surface area contributed by atoms with Gasteiger partial charge >= 0.3 is 0 Å². The Kier molecular flexibility index (Phi) is 7.28. The molecular weight excluding hydrogens is 300 g/mol. The molecule has 1 fully saturated rings. The standard InChI is InChI=1S/C19H34N4O/c1-5-7-16(3)21-19(24)17-8-6-11-23(14-17)13-15(2)12-18-9-10-20-22(18)4/h9-10,15-17H,5-8,11-14H2,1-4H3,(H,21,24)/t15-,16+,17-/m1/s1. The molecule has 2 heterocycles. The van der Waals surface area contributed by atoms with Gasteiger partial charge in [-0.15, -0.1) is 0 Å². The van der Waals surface area contributed by atoms with E-state index in [9.17, 15) is 4.79 Å². The minimum absolute atomic E-state index is 0.155. The van der Waals surface area contributed by atoms with Crippen molar-refractivity contribution in [2.24, 2.45) is 18.9 Å². The number of hydrogen-bond donors (Lipinski definition) is 1. The highest BCUT2D eigenvalue weighted by atomic mass is 16.2. The van der Waals surface area contributed by atoms with Gasteiger partial charge in [0.1, 0.15) is 0 Å². The summed E-state index contributed by atoms with van der Waals surface area (Å²) in [7, 11) is 2.00. The first-order valence-corrected chi connectivity index (χ1v) is 9.49. The molecule has 1 N–H and O–H groups in total. The molecule has 1 aliphatic rings. The van der Waals surface area contributed by atoms with Crippen molar-refractivity contribution in [2.75, 3.05) is 19.6 Å². The fourth-order valence-corrected chi connectivity index (χ4v) is 3.77. The fourth-order valence-electron chi connectivity index (χ4n) is 3.77. The van der Waals surface area contributed by atoms with Crippen LogP contribution in [0.15, 0.2) is 12.3 Å². The summed E-state index contributed by atoms with van der Waals surface area (Å²) in [4.78, 5) is 14.9.